The van der Waals surface area contributed by atoms with Gasteiger partial charge in [0.1, 0.15) is 0 Å². The van der Waals surface area contributed by atoms with Crippen molar-refractivity contribution in [3.05, 3.63) is 16.1 Å². The molecule has 5 nitrogen and oxygen atoms in total. The van der Waals surface area contributed by atoms with Crippen molar-refractivity contribution in [3.63, 3.8) is 0 Å². The highest BCUT2D eigenvalue weighted by Gasteiger charge is 2.33. The molecule has 0 aliphatic rings. The first kappa shape index (κ1) is 16.8. The Morgan fingerprint density at radius 3 is 2.65 bits per heavy atom. The lowest BCUT2D eigenvalue weighted by atomic mass is 10.4. The average Bonchev–Trinajstić information content (AvgIpc) is 2.77. The lowest BCUT2D eigenvalue weighted by Crippen LogP contribution is -2.27. The number of aromatic nitrogens is 1. The number of halogens is 3. The number of hydrogen-bond acceptors (Lipinski definition) is 5. The minimum absolute atomic E-state index is 0.00201. The monoisotopic (exact) mass is 328 g/mol. The first-order chi connectivity index (χ1) is 9.29. The highest BCUT2D eigenvalue weighted by Crippen LogP contribution is 2.29. The molecule has 1 rings (SSSR count). The molecule has 1 aromatic rings. The van der Waals surface area contributed by atoms with Crippen LogP contribution in [0.4, 0.5) is 13.2 Å². The van der Waals surface area contributed by atoms with Gasteiger partial charge in [-0.3, -0.25) is 9.59 Å². The van der Waals surface area contributed by atoms with E-state index in [1.54, 1.807) is 0 Å². The minimum atomic E-state index is -4.45. The molecule has 0 bridgehead atoms. The highest BCUT2D eigenvalue weighted by molar-refractivity contribution is 8.00. The van der Waals surface area contributed by atoms with Crippen molar-refractivity contribution in [1.29, 1.82) is 0 Å². The quantitative estimate of drug-likeness (QED) is 0.795. The smallest absolute Gasteiger partial charge is 0.434 e. The summed E-state index contributed by atoms with van der Waals surface area (Å²) in [4.78, 5) is 24.9. The van der Waals surface area contributed by atoms with E-state index in [-0.39, 0.29) is 35.4 Å². The van der Waals surface area contributed by atoms with Crippen LogP contribution in [0, 0.1) is 0 Å². The van der Waals surface area contributed by atoms with Crippen LogP contribution in [0.1, 0.15) is 10.7 Å². The van der Waals surface area contributed by atoms with Crippen LogP contribution in [-0.4, -0.2) is 40.0 Å². The van der Waals surface area contributed by atoms with Crippen LogP contribution in [0.15, 0.2) is 5.38 Å². The van der Waals surface area contributed by atoms with Crippen molar-refractivity contribution in [1.82, 2.24) is 10.3 Å². The first-order valence-electron chi connectivity index (χ1n) is 5.37. The van der Waals surface area contributed by atoms with Gasteiger partial charge in [0.2, 0.25) is 5.91 Å². The number of thioether (sulfide) groups is 1. The zero-order chi connectivity index (χ0) is 15.2. The van der Waals surface area contributed by atoms with Crippen LogP contribution >= 0.6 is 23.1 Å². The number of rotatable bonds is 7. The molecule has 10 heteroatoms. The SMILES string of the molecule is O=C(O)CSCC(=O)NCCc1nc(C(F)(F)F)cs1. The van der Waals surface area contributed by atoms with Gasteiger partial charge in [-0.15, -0.1) is 23.1 Å². The number of amides is 1. The standard InChI is InChI=1S/C10H11F3N2O3S2/c11-10(12,13)6-3-20-8(15-6)1-2-14-7(16)4-19-5-9(17)18/h3H,1-2,4-5H2,(H,14,16)(H,17,18). The number of nitrogens with zero attached hydrogens (tertiary/aromatic N) is 1. The third-order valence-electron chi connectivity index (χ3n) is 1.96. The first-order valence-corrected chi connectivity index (χ1v) is 7.40. The summed E-state index contributed by atoms with van der Waals surface area (Å²) in [5.74, 6) is -1.54. The molecule has 0 fully saturated rings. The van der Waals surface area contributed by atoms with Crippen molar-refractivity contribution in [2.75, 3.05) is 18.1 Å². The van der Waals surface area contributed by atoms with Crippen LogP contribution in [0.25, 0.3) is 0 Å². The molecule has 20 heavy (non-hydrogen) atoms. The van der Waals surface area contributed by atoms with E-state index < -0.39 is 17.8 Å². The number of nitrogens with one attached hydrogen (secondary N) is 1. The number of carbonyl (C=O) groups excluding carboxylic acids is 1. The van der Waals surface area contributed by atoms with E-state index in [2.05, 4.69) is 10.3 Å². The van der Waals surface area contributed by atoms with Crippen LogP contribution in [0.3, 0.4) is 0 Å². The zero-order valence-corrected chi connectivity index (χ0v) is 11.7. The van der Waals surface area contributed by atoms with Gasteiger partial charge in [-0.25, -0.2) is 4.98 Å². The maximum atomic E-state index is 12.3. The summed E-state index contributed by atoms with van der Waals surface area (Å²) in [6, 6.07) is 0. The Hall–Kier alpha value is -1.29. The van der Waals surface area contributed by atoms with Gasteiger partial charge >= 0.3 is 12.1 Å². The molecule has 0 saturated heterocycles. The lowest BCUT2D eigenvalue weighted by molar-refractivity contribution is -0.141. The van der Waals surface area contributed by atoms with E-state index in [0.717, 1.165) is 28.5 Å². The fourth-order valence-electron chi connectivity index (χ4n) is 1.15. The third kappa shape index (κ3) is 6.24. The summed E-state index contributed by atoms with van der Waals surface area (Å²) in [7, 11) is 0. The van der Waals surface area contributed by atoms with Crippen molar-refractivity contribution in [2.45, 2.75) is 12.6 Å². The van der Waals surface area contributed by atoms with Gasteiger partial charge < -0.3 is 10.4 Å². The molecule has 0 aliphatic carbocycles. The van der Waals surface area contributed by atoms with Crippen LogP contribution in [0.2, 0.25) is 0 Å². The number of hydrogen-bond donors (Lipinski definition) is 2. The lowest BCUT2D eigenvalue weighted by Gasteiger charge is -2.03. The van der Waals surface area contributed by atoms with E-state index in [1.165, 1.54) is 0 Å². The number of alkyl halides is 3. The number of carboxylic acids is 1. The average molecular weight is 328 g/mol. The molecule has 1 amide bonds. The summed E-state index contributed by atoms with van der Waals surface area (Å²) in [5, 5.41) is 12.1. The van der Waals surface area contributed by atoms with E-state index in [1.807, 2.05) is 0 Å². The maximum Gasteiger partial charge on any atom is 0.434 e. The van der Waals surface area contributed by atoms with Crippen molar-refractivity contribution in [3.8, 4) is 0 Å². The molecule has 0 spiro atoms. The van der Waals surface area contributed by atoms with E-state index in [0.29, 0.717) is 0 Å². The molecule has 0 aromatic carbocycles. The van der Waals surface area contributed by atoms with Gasteiger partial charge in [-0.05, 0) is 0 Å². The zero-order valence-electron chi connectivity index (χ0n) is 10.1. The summed E-state index contributed by atoms with van der Waals surface area (Å²) in [6.07, 6.45) is -4.25. The van der Waals surface area contributed by atoms with Gasteiger partial charge in [0, 0.05) is 18.3 Å². The predicted octanol–water partition coefficient (Wildman–Crippen LogP) is 1.64. The normalized spacial score (nSPS) is 11.3. The Morgan fingerprint density at radius 2 is 2.10 bits per heavy atom. The minimum Gasteiger partial charge on any atom is -0.481 e. The van der Waals surface area contributed by atoms with Gasteiger partial charge in [0.25, 0.3) is 0 Å². The summed E-state index contributed by atoms with van der Waals surface area (Å²) >= 11 is 1.83. The Morgan fingerprint density at radius 1 is 1.40 bits per heavy atom. The molecule has 0 aliphatic heterocycles. The van der Waals surface area contributed by atoms with Crippen LogP contribution in [-0.2, 0) is 22.2 Å². The van der Waals surface area contributed by atoms with E-state index in [4.69, 9.17) is 5.11 Å². The molecular formula is C10H11F3N2O3S2. The fraction of sp³-hybridized carbons (Fsp3) is 0.500. The maximum absolute atomic E-state index is 12.3. The Labute approximate surface area is 120 Å². The fourth-order valence-corrected chi connectivity index (χ4v) is 2.52. The molecule has 0 atom stereocenters. The molecule has 0 unspecified atom stereocenters. The Bertz CT molecular complexity index is 477. The van der Waals surface area contributed by atoms with Gasteiger partial charge in [-0.2, -0.15) is 13.2 Å². The molecule has 112 valence electrons. The third-order valence-corrected chi connectivity index (χ3v) is 3.79. The number of carboxylic acid groups (broad SMARTS) is 1. The van der Waals surface area contributed by atoms with Crippen LogP contribution in [0.5, 0.6) is 0 Å². The summed E-state index contributed by atoms with van der Waals surface area (Å²) in [5.41, 5.74) is -0.930. The van der Waals surface area contributed by atoms with E-state index >= 15 is 0 Å². The molecule has 0 radical (unpaired) electrons. The van der Waals surface area contributed by atoms with Gasteiger partial charge in [-0.1, -0.05) is 0 Å². The molecule has 1 heterocycles. The molecular weight excluding hydrogens is 317 g/mol. The second-order valence-electron chi connectivity index (χ2n) is 3.61. The molecule has 1 aromatic heterocycles. The van der Waals surface area contributed by atoms with Gasteiger partial charge in [0.05, 0.1) is 16.5 Å². The predicted molar refractivity (Wildman–Crippen MR) is 68.8 cm³/mol. The van der Waals surface area contributed by atoms with Crippen molar-refractivity contribution < 1.29 is 27.9 Å². The van der Waals surface area contributed by atoms with Gasteiger partial charge in [0.15, 0.2) is 5.69 Å². The van der Waals surface area contributed by atoms with Crippen molar-refractivity contribution >= 4 is 35.0 Å². The number of aliphatic carboxylic acids is 1. The molecule has 2 N–H and O–H groups in total. The molecule has 0 saturated carbocycles. The number of carbonyl (C=O) groups is 2. The summed E-state index contributed by atoms with van der Waals surface area (Å²) < 4.78 is 36.8. The number of thiazole rings is 1. The topological polar surface area (TPSA) is 79.3 Å². The summed E-state index contributed by atoms with van der Waals surface area (Å²) in [6.45, 7) is 0.164. The largest absolute Gasteiger partial charge is 0.481 e. The van der Waals surface area contributed by atoms with E-state index in [9.17, 15) is 22.8 Å². The Kier molecular flexibility index (Phi) is 6.27. The van der Waals surface area contributed by atoms with Crippen LogP contribution < -0.4 is 5.32 Å². The Balaban J connectivity index is 2.25. The second kappa shape index (κ2) is 7.48. The van der Waals surface area contributed by atoms with Crippen molar-refractivity contribution in [2.24, 2.45) is 0 Å². The highest BCUT2D eigenvalue weighted by atomic mass is 32.2. The second-order valence-corrected chi connectivity index (χ2v) is 5.54.